The van der Waals surface area contributed by atoms with E-state index >= 15 is 0 Å². The average molecular weight is 305 g/mol. The Labute approximate surface area is 129 Å². The zero-order valence-electron chi connectivity index (χ0n) is 12.4. The van der Waals surface area contributed by atoms with Gasteiger partial charge in [-0.05, 0) is 43.9 Å². The lowest BCUT2D eigenvalue weighted by atomic mass is 10.0. The smallest absolute Gasteiger partial charge is 0.126 e. The van der Waals surface area contributed by atoms with Crippen LogP contribution < -0.4 is 5.32 Å². The van der Waals surface area contributed by atoms with Crippen molar-refractivity contribution in [1.82, 2.24) is 5.32 Å². The first-order chi connectivity index (χ1) is 10.0. The molecule has 2 aromatic carbocycles. The highest BCUT2D eigenvalue weighted by Crippen LogP contribution is 2.27. The number of hydrogen-bond acceptors (Lipinski definition) is 3. The summed E-state index contributed by atoms with van der Waals surface area (Å²) in [6, 6.07) is 12.6. The van der Waals surface area contributed by atoms with Crippen LogP contribution in [0.2, 0.25) is 0 Å². The summed E-state index contributed by atoms with van der Waals surface area (Å²) >= 11 is 1.71. The van der Waals surface area contributed by atoms with Gasteiger partial charge in [0.05, 0.1) is 0 Å². The van der Waals surface area contributed by atoms with Crippen molar-refractivity contribution in [3.05, 3.63) is 59.4 Å². The maximum atomic E-state index is 13.0. The van der Waals surface area contributed by atoms with Crippen molar-refractivity contribution in [2.24, 2.45) is 0 Å². The Morgan fingerprint density at radius 2 is 1.71 bits per heavy atom. The lowest BCUT2D eigenvalue weighted by Crippen LogP contribution is -2.22. The van der Waals surface area contributed by atoms with Gasteiger partial charge < -0.3 is 10.4 Å². The molecule has 2 atom stereocenters. The summed E-state index contributed by atoms with van der Waals surface area (Å²) in [6.07, 6.45) is 2.05. The molecule has 112 valence electrons. The summed E-state index contributed by atoms with van der Waals surface area (Å²) in [5.41, 5.74) is 1.88. The van der Waals surface area contributed by atoms with Gasteiger partial charge >= 0.3 is 0 Å². The van der Waals surface area contributed by atoms with Gasteiger partial charge in [-0.3, -0.25) is 0 Å². The monoisotopic (exact) mass is 305 g/mol. The standard InChI is InChI=1S/C17H20FNOS/c1-11(13-4-7-15(21-3)8-5-13)19-12(2)16-9-6-14(18)10-17(16)20/h4-12,19-20H,1-3H3. The molecule has 0 aliphatic rings. The van der Waals surface area contributed by atoms with E-state index in [2.05, 4.69) is 42.8 Å². The molecule has 2 nitrogen and oxygen atoms in total. The van der Waals surface area contributed by atoms with Crippen LogP contribution in [0.25, 0.3) is 0 Å². The number of nitrogens with one attached hydrogen (secondary N) is 1. The number of halogens is 1. The van der Waals surface area contributed by atoms with Crippen LogP contribution >= 0.6 is 11.8 Å². The number of hydrogen-bond donors (Lipinski definition) is 2. The fourth-order valence-corrected chi connectivity index (χ4v) is 2.74. The van der Waals surface area contributed by atoms with Crippen molar-refractivity contribution in [2.45, 2.75) is 30.8 Å². The van der Waals surface area contributed by atoms with Crippen LogP contribution in [-0.4, -0.2) is 11.4 Å². The Morgan fingerprint density at radius 3 is 2.29 bits per heavy atom. The third kappa shape index (κ3) is 3.99. The molecule has 0 amide bonds. The molecular formula is C17H20FNOS. The maximum Gasteiger partial charge on any atom is 0.126 e. The summed E-state index contributed by atoms with van der Waals surface area (Å²) in [7, 11) is 0. The fourth-order valence-electron chi connectivity index (χ4n) is 2.34. The minimum absolute atomic E-state index is 0.0140. The lowest BCUT2D eigenvalue weighted by Gasteiger charge is -2.21. The van der Waals surface area contributed by atoms with Crippen LogP contribution in [0.15, 0.2) is 47.4 Å². The number of benzene rings is 2. The second-order valence-corrected chi connectivity index (χ2v) is 5.97. The first-order valence-corrected chi connectivity index (χ1v) is 8.12. The van der Waals surface area contributed by atoms with Crippen LogP contribution in [-0.2, 0) is 0 Å². The fraction of sp³-hybridized carbons (Fsp3) is 0.294. The van der Waals surface area contributed by atoms with E-state index < -0.39 is 5.82 Å². The topological polar surface area (TPSA) is 32.3 Å². The molecule has 2 N–H and O–H groups in total. The van der Waals surface area contributed by atoms with E-state index in [4.69, 9.17) is 0 Å². The molecule has 0 aliphatic carbocycles. The zero-order chi connectivity index (χ0) is 15.4. The molecule has 0 spiro atoms. The predicted octanol–water partition coefficient (Wildman–Crippen LogP) is 4.67. The second-order valence-electron chi connectivity index (χ2n) is 5.09. The Kier molecular flexibility index (Phi) is 5.26. The summed E-state index contributed by atoms with van der Waals surface area (Å²) in [6.45, 7) is 4.03. The molecule has 2 rings (SSSR count). The Hall–Kier alpha value is -1.52. The average Bonchev–Trinajstić information content (AvgIpc) is 2.47. The first-order valence-electron chi connectivity index (χ1n) is 6.89. The van der Waals surface area contributed by atoms with Gasteiger partial charge in [-0.2, -0.15) is 0 Å². The summed E-state index contributed by atoms with van der Waals surface area (Å²) < 4.78 is 13.0. The van der Waals surface area contributed by atoms with E-state index in [1.54, 1.807) is 17.8 Å². The van der Waals surface area contributed by atoms with E-state index in [1.165, 1.54) is 16.5 Å². The second kappa shape index (κ2) is 6.96. The lowest BCUT2D eigenvalue weighted by molar-refractivity contribution is 0.434. The van der Waals surface area contributed by atoms with Gasteiger partial charge in [0.2, 0.25) is 0 Å². The van der Waals surface area contributed by atoms with E-state index in [9.17, 15) is 9.50 Å². The molecule has 2 unspecified atom stereocenters. The summed E-state index contributed by atoms with van der Waals surface area (Å²) in [5, 5.41) is 13.3. The van der Waals surface area contributed by atoms with Gasteiger partial charge in [-0.15, -0.1) is 11.8 Å². The van der Waals surface area contributed by atoms with Crippen molar-refractivity contribution < 1.29 is 9.50 Å². The largest absolute Gasteiger partial charge is 0.508 e. The van der Waals surface area contributed by atoms with Gasteiger partial charge in [-0.25, -0.2) is 4.39 Å². The third-order valence-corrected chi connectivity index (χ3v) is 4.32. The van der Waals surface area contributed by atoms with Crippen molar-refractivity contribution in [3.8, 4) is 5.75 Å². The van der Waals surface area contributed by atoms with Gasteiger partial charge in [0.15, 0.2) is 0 Å². The van der Waals surface area contributed by atoms with Crippen LogP contribution in [0.1, 0.15) is 37.1 Å². The number of phenols is 1. The molecule has 0 aromatic heterocycles. The number of phenolic OH excluding ortho intramolecular Hbond substituents is 1. The highest BCUT2D eigenvalue weighted by atomic mass is 32.2. The molecule has 0 saturated heterocycles. The molecule has 0 radical (unpaired) electrons. The van der Waals surface area contributed by atoms with Gasteiger partial charge in [0.1, 0.15) is 11.6 Å². The van der Waals surface area contributed by atoms with Crippen LogP contribution in [0.4, 0.5) is 4.39 Å². The van der Waals surface area contributed by atoms with Gasteiger partial charge in [0, 0.05) is 28.6 Å². The molecular weight excluding hydrogens is 285 g/mol. The highest BCUT2D eigenvalue weighted by Gasteiger charge is 2.14. The number of rotatable bonds is 5. The maximum absolute atomic E-state index is 13.0. The Morgan fingerprint density at radius 1 is 1.05 bits per heavy atom. The van der Waals surface area contributed by atoms with E-state index in [-0.39, 0.29) is 17.8 Å². The molecule has 4 heteroatoms. The normalized spacial score (nSPS) is 13.9. The van der Waals surface area contributed by atoms with E-state index in [1.807, 2.05) is 6.92 Å². The molecule has 0 saturated carbocycles. The van der Waals surface area contributed by atoms with Crippen LogP contribution in [0, 0.1) is 5.82 Å². The number of aromatic hydroxyl groups is 1. The summed E-state index contributed by atoms with van der Waals surface area (Å²) in [5.74, 6) is -0.441. The Balaban J connectivity index is 2.08. The van der Waals surface area contributed by atoms with Crippen molar-refractivity contribution >= 4 is 11.8 Å². The van der Waals surface area contributed by atoms with Crippen LogP contribution in [0.5, 0.6) is 5.75 Å². The SMILES string of the molecule is CSc1ccc(C(C)NC(C)c2ccc(F)cc2O)cc1. The molecule has 0 heterocycles. The van der Waals surface area contributed by atoms with E-state index in [0.29, 0.717) is 5.56 Å². The van der Waals surface area contributed by atoms with Gasteiger partial charge in [0.25, 0.3) is 0 Å². The van der Waals surface area contributed by atoms with Crippen molar-refractivity contribution in [2.75, 3.05) is 6.26 Å². The van der Waals surface area contributed by atoms with Crippen molar-refractivity contribution in [1.29, 1.82) is 0 Å². The van der Waals surface area contributed by atoms with Gasteiger partial charge in [-0.1, -0.05) is 18.2 Å². The van der Waals surface area contributed by atoms with E-state index in [0.717, 1.165) is 6.07 Å². The quantitative estimate of drug-likeness (QED) is 0.788. The Bertz CT molecular complexity index is 600. The number of thioether (sulfide) groups is 1. The third-order valence-electron chi connectivity index (χ3n) is 3.57. The molecule has 0 aliphatic heterocycles. The zero-order valence-corrected chi connectivity index (χ0v) is 13.2. The molecule has 21 heavy (non-hydrogen) atoms. The van der Waals surface area contributed by atoms with Crippen LogP contribution in [0.3, 0.4) is 0 Å². The predicted molar refractivity (Wildman–Crippen MR) is 86.3 cm³/mol. The molecule has 0 bridgehead atoms. The van der Waals surface area contributed by atoms with Crippen molar-refractivity contribution in [3.63, 3.8) is 0 Å². The molecule has 2 aromatic rings. The first kappa shape index (κ1) is 15.9. The highest BCUT2D eigenvalue weighted by molar-refractivity contribution is 7.98. The molecule has 0 fully saturated rings. The minimum atomic E-state index is -0.427. The summed E-state index contributed by atoms with van der Waals surface area (Å²) in [4.78, 5) is 1.23. The minimum Gasteiger partial charge on any atom is -0.508 e.